The van der Waals surface area contributed by atoms with Gasteiger partial charge in [0.05, 0.1) is 6.34 Å². The number of carboxylic acids is 1. The summed E-state index contributed by atoms with van der Waals surface area (Å²) in [5.41, 5.74) is -0.0615. The number of carboxylic acid groups (broad SMARTS) is 1. The van der Waals surface area contributed by atoms with Gasteiger partial charge in [-0.15, -0.1) is 0 Å². The van der Waals surface area contributed by atoms with Gasteiger partial charge in [0.2, 0.25) is 0 Å². The summed E-state index contributed by atoms with van der Waals surface area (Å²) in [5.74, 6) is -1.74. The summed E-state index contributed by atoms with van der Waals surface area (Å²) >= 11 is 0. The minimum Gasteiger partial charge on any atom is -0.507 e. The number of aliphatic hydroxyl groups excluding tert-OH is 1. The first-order chi connectivity index (χ1) is 12.9. The number of hydrogen-bond donors (Lipinski definition) is 6. The van der Waals surface area contributed by atoms with E-state index in [1.807, 2.05) is 0 Å². The van der Waals surface area contributed by atoms with Crippen LogP contribution in [0.4, 0.5) is 0 Å². The molecule has 1 aromatic rings. The monoisotopic (exact) mass is 379 g/mol. The van der Waals surface area contributed by atoms with Gasteiger partial charge in [0.15, 0.2) is 0 Å². The summed E-state index contributed by atoms with van der Waals surface area (Å²) in [6, 6.07) is 2.71. The van der Waals surface area contributed by atoms with Gasteiger partial charge in [0.25, 0.3) is 0 Å². The van der Waals surface area contributed by atoms with E-state index in [1.165, 1.54) is 12.1 Å². The topological polar surface area (TPSA) is 155 Å². The van der Waals surface area contributed by atoms with E-state index in [0.29, 0.717) is 25.2 Å². The highest BCUT2D eigenvalue weighted by Crippen LogP contribution is 2.34. The molecule has 2 aliphatic rings. The Morgan fingerprint density at radius 3 is 2.74 bits per heavy atom. The van der Waals surface area contributed by atoms with Crippen LogP contribution in [0.2, 0.25) is 6.32 Å². The van der Waals surface area contributed by atoms with Gasteiger partial charge in [0, 0.05) is 19.6 Å². The van der Waals surface area contributed by atoms with E-state index in [0.717, 1.165) is 0 Å². The fraction of sp³-hybridized carbons (Fsp3) is 0.500. The Labute approximate surface area is 155 Å². The molecule has 10 nitrogen and oxygen atoms in total. The number of nitrogens with one attached hydrogen (secondary N) is 1. The zero-order valence-corrected chi connectivity index (χ0v) is 14.5. The number of aliphatic imine (C=N–C) groups is 1. The first-order valence-corrected chi connectivity index (χ1v) is 8.65. The van der Waals surface area contributed by atoms with Crippen molar-refractivity contribution >= 4 is 19.4 Å². The van der Waals surface area contributed by atoms with Crippen molar-refractivity contribution in [2.45, 2.75) is 31.1 Å². The third-order valence-corrected chi connectivity index (χ3v) is 4.68. The largest absolute Gasteiger partial charge is 0.507 e. The number of ether oxygens (including phenoxy) is 1. The van der Waals surface area contributed by atoms with Crippen LogP contribution in [0, 0.1) is 0 Å². The van der Waals surface area contributed by atoms with Gasteiger partial charge >= 0.3 is 13.1 Å². The molecule has 146 valence electrons. The molecule has 3 rings (SSSR count). The number of benzene rings is 1. The van der Waals surface area contributed by atoms with Gasteiger partial charge in [-0.1, -0.05) is 6.07 Å². The van der Waals surface area contributed by atoms with E-state index in [-0.39, 0.29) is 36.2 Å². The molecule has 1 aromatic carbocycles. The van der Waals surface area contributed by atoms with Crippen LogP contribution in [0.25, 0.3) is 0 Å². The number of aromatic hydroxyl groups is 1. The number of phenols is 1. The van der Waals surface area contributed by atoms with E-state index >= 15 is 0 Å². The van der Waals surface area contributed by atoms with Gasteiger partial charge in [-0.2, -0.15) is 0 Å². The van der Waals surface area contributed by atoms with Crippen molar-refractivity contribution in [1.29, 1.82) is 0 Å². The lowest BCUT2D eigenvalue weighted by atomic mass is 9.82. The highest BCUT2D eigenvalue weighted by molar-refractivity contribution is 6.41. The SMILES string of the molecule is O=C(O)c1c(OC2CN(C(O)C3CNC=N3)C2)ccc(CCB(O)O)c1O. The van der Waals surface area contributed by atoms with Crippen LogP contribution in [0.3, 0.4) is 0 Å². The Kier molecular flexibility index (Phi) is 5.85. The predicted molar refractivity (Wildman–Crippen MR) is 96.0 cm³/mol. The molecule has 0 bridgehead atoms. The molecule has 0 saturated carbocycles. The summed E-state index contributed by atoms with van der Waals surface area (Å²) in [7, 11) is -1.54. The zero-order chi connectivity index (χ0) is 19.6. The Bertz CT molecular complexity index is 724. The fourth-order valence-electron chi connectivity index (χ4n) is 3.15. The first-order valence-electron chi connectivity index (χ1n) is 8.65. The van der Waals surface area contributed by atoms with Crippen LogP contribution >= 0.6 is 0 Å². The molecule has 0 aromatic heterocycles. The second-order valence-corrected chi connectivity index (χ2v) is 6.63. The van der Waals surface area contributed by atoms with Crippen LogP contribution in [-0.4, -0.2) is 87.7 Å². The number of hydrogen-bond acceptors (Lipinski definition) is 9. The van der Waals surface area contributed by atoms with Crippen LogP contribution < -0.4 is 10.1 Å². The quantitative estimate of drug-likeness (QED) is 0.296. The molecule has 0 aliphatic carbocycles. The average molecular weight is 379 g/mol. The molecular weight excluding hydrogens is 357 g/mol. The molecule has 2 unspecified atom stereocenters. The van der Waals surface area contributed by atoms with Gasteiger partial charge in [0.1, 0.15) is 35.4 Å². The van der Waals surface area contributed by atoms with E-state index in [4.69, 9.17) is 14.8 Å². The summed E-state index contributed by atoms with van der Waals surface area (Å²) in [5, 5.41) is 50.7. The number of aryl methyl sites for hydroxylation is 1. The molecular formula is C16H22BN3O7. The lowest BCUT2D eigenvalue weighted by Crippen LogP contribution is -2.60. The minimum atomic E-state index is -1.54. The standard InChI is InChI=1S/C16H22BN3O7/c21-14-9(3-4-17(25)26)1-2-12(13(14)16(23)24)27-10-6-20(7-10)15(22)11-5-18-8-19-11/h1-2,8,10-11,15,21-22,25-26H,3-7H2,(H,18,19)(H,23,24). The Balaban J connectivity index is 1.64. The number of aromatic carboxylic acids is 1. The molecule has 27 heavy (non-hydrogen) atoms. The van der Waals surface area contributed by atoms with Crippen molar-refractivity contribution in [3.05, 3.63) is 23.3 Å². The second-order valence-electron chi connectivity index (χ2n) is 6.63. The van der Waals surface area contributed by atoms with E-state index in [2.05, 4.69) is 10.3 Å². The van der Waals surface area contributed by atoms with Crippen molar-refractivity contribution in [2.24, 2.45) is 4.99 Å². The Morgan fingerprint density at radius 1 is 1.41 bits per heavy atom. The number of likely N-dealkylation sites (tertiary alicyclic amines) is 1. The Morgan fingerprint density at radius 2 is 2.15 bits per heavy atom. The summed E-state index contributed by atoms with van der Waals surface area (Å²) < 4.78 is 5.70. The molecule has 1 fully saturated rings. The van der Waals surface area contributed by atoms with E-state index in [1.54, 1.807) is 11.2 Å². The number of aliphatic hydroxyl groups is 1. The summed E-state index contributed by atoms with van der Waals surface area (Å²) in [6.07, 6.45) is 0.585. The molecule has 2 aliphatic heterocycles. The van der Waals surface area contributed by atoms with E-state index < -0.39 is 25.1 Å². The lowest BCUT2D eigenvalue weighted by molar-refractivity contribution is -0.0978. The highest BCUT2D eigenvalue weighted by atomic mass is 16.5. The van der Waals surface area contributed by atoms with Crippen molar-refractivity contribution in [1.82, 2.24) is 10.2 Å². The normalized spacial score (nSPS) is 20.8. The summed E-state index contributed by atoms with van der Waals surface area (Å²) in [4.78, 5) is 17.5. The van der Waals surface area contributed by atoms with Crippen molar-refractivity contribution in [3.63, 3.8) is 0 Å². The maximum atomic E-state index is 11.6. The van der Waals surface area contributed by atoms with E-state index in [9.17, 15) is 20.1 Å². The maximum absolute atomic E-state index is 11.6. The van der Waals surface area contributed by atoms with Crippen LogP contribution in [0.1, 0.15) is 15.9 Å². The number of carbonyl (C=O) groups is 1. The zero-order valence-electron chi connectivity index (χ0n) is 14.5. The van der Waals surface area contributed by atoms with Crippen LogP contribution in [-0.2, 0) is 6.42 Å². The highest BCUT2D eigenvalue weighted by Gasteiger charge is 2.38. The second kappa shape index (κ2) is 8.13. The third kappa shape index (κ3) is 4.33. The summed E-state index contributed by atoms with van der Waals surface area (Å²) in [6.45, 7) is 1.38. The minimum absolute atomic E-state index is 0.0270. The molecule has 0 amide bonds. The maximum Gasteiger partial charge on any atom is 0.451 e. The average Bonchev–Trinajstić information content (AvgIpc) is 3.10. The van der Waals surface area contributed by atoms with Gasteiger partial charge in [-0.05, 0) is 24.4 Å². The number of rotatable bonds is 8. The van der Waals surface area contributed by atoms with Crippen molar-refractivity contribution in [3.8, 4) is 11.5 Å². The molecule has 1 saturated heterocycles. The first kappa shape index (κ1) is 19.4. The number of nitrogens with zero attached hydrogens (tertiary/aromatic N) is 2. The van der Waals surface area contributed by atoms with Gasteiger partial charge in [-0.3, -0.25) is 9.89 Å². The molecule has 0 radical (unpaired) electrons. The van der Waals surface area contributed by atoms with Crippen LogP contribution in [0.5, 0.6) is 11.5 Å². The van der Waals surface area contributed by atoms with Gasteiger partial charge < -0.3 is 35.4 Å². The Hall–Kier alpha value is -2.34. The van der Waals surface area contributed by atoms with Gasteiger partial charge in [-0.25, -0.2) is 4.79 Å². The molecule has 2 heterocycles. The molecule has 6 N–H and O–H groups in total. The third-order valence-electron chi connectivity index (χ3n) is 4.68. The predicted octanol–water partition coefficient (Wildman–Crippen LogP) is -1.51. The lowest BCUT2D eigenvalue weighted by Gasteiger charge is -2.42. The van der Waals surface area contributed by atoms with Crippen LogP contribution in [0.15, 0.2) is 17.1 Å². The molecule has 11 heteroatoms. The fourth-order valence-corrected chi connectivity index (χ4v) is 3.15. The smallest absolute Gasteiger partial charge is 0.451 e. The molecule has 0 spiro atoms. The molecule has 2 atom stereocenters. The van der Waals surface area contributed by atoms with Crippen molar-refractivity contribution < 1.29 is 34.9 Å². The van der Waals surface area contributed by atoms with Crippen molar-refractivity contribution in [2.75, 3.05) is 19.6 Å².